The van der Waals surface area contributed by atoms with Gasteiger partial charge in [0.05, 0.1) is 6.42 Å². The van der Waals surface area contributed by atoms with Crippen molar-refractivity contribution in [2.75, 3.05) is 10.6 Å². The van der Waals surface area contributed by atoms with E-state index in [1.807, 2.05) is 0 Å². The lowest BCUT2D eigenvalue weighted by molar-refractivity contribution is -0.115. The van der Waals surface area contributed by atoms with Crippen LogP contribution in [-0.2, 0) is 11.2 Å². The molecule has 1 heterocycles. The van der Waals surface area contributed by atoms with Crippen molar-refractivity contribution >= 4 is 23.2 Å². The summed E-state index contributed by atoms with van der Waals surface area (Å²) in [6.45, 7) is 0. The van der Waals surface area contributed by atoms with Crippen LogP contribution >= 0.6 is 0 Å². The van der Waals surface area contributed by atoms with Crippen LogP contribution in [0.1, 0.15) is 5.56 Å². The average Bonchev–Trinajstić information content (AvgIpc) is 2.59. The molecule has 3 rings (SSSR count). The van der Waals surface area contributed by atoms with Crippen LogP contribution in [0.5, 0.6) is 0 Å². The number of anilines is 3. The highest BCUT2D eigenvalue weighted by Gasteiger charge is 2.06. The fourth-order valence-electron chi connectivity index (χ4n) is 2.15. The fraction of sp³-hybridized carbons (Fsp3) is 0.0556. The summed E-state index contributed by atoms with van der Waals surface area (Å²) in [6, 6.07) is 14.8. The maximum absolute atomic E-state index is 13.1. The third-order valence-corrected chi connectivity index (χ3v) is 3.31. The Kier molecular flexibility index (Phi) is 4.94. The van der Waals surface area contributed by atoms with E-state index in [4.69, 9.17) is 0 Å². The third kappa shape index (κ3) is 4.81. The Labute approximate surface area is 142 Å². The third-order valence-electron chi connectivity index (χ3n) is 3.31. The highest BCUT2D eigenvalue weighted by atomic mass is 19.1. The topological polar surface area (TPSA) is 66.9 Å². The molecule has 0 atom stereocenters. The number of benzene rings is 2. The summed E-state index contributed by atoms with van der Waals surface area (Å²) in [5, 5.41) is 13.3. The minimum absolute atomic E-state index is 0.102. The van der Waals surface area contributed by atoms with Crippen LogP contribution in [0.15, 0.2) is 60.7 Å². The van der Waals surface area contributed by atoms with Crippen molar-refractivity contribution in [2.45, 2.75) is 6.42 Å². The van der Waals surface area contributed by atoms with Crippen LogP contribution in [0.2, 0.25) is 0 Å². The van der Waals surface area contributed by atoms with Crippen molar-refractivity contribution in [2.24, 2.45) is 0 Å². The van der Waals surface area contributed by atoms with E-state index in [2.05, 4.69) is 20.8 Å². The minimum Gasteiger partial charge on any atom is -0.339 e. The predicted octanol–water partition coefficient (Wildman–Crippen LogP) is 3.68. The number of nitrogens with one attached hydrogen (secondary N) is 2. The lowest BCUT2D eigenvalue weighted by atomic mass is 10.1. The molecule has 0 aliphatic heterocycles. The Hall–Kier alpha value is -3.35. The molecule has 2 N–H and O–H groups in total. The van der Waals surface area contributed by atoms with Gasteiger partial charge in [-0.15, -0.1) is 10.2 Å². The maximum Gasteiger partial charge on any atom is 0.229 e. The first-order valence-electron chi connectivity index (χ1n) is 7.49. The molecule has 0 fully saturated rings. The molecule has 1 aromatic heterocycles. The molecule has 0 aliphatic rings. The van der Waals surface area contributed by atoms with Crippen LogP contribution in [0.3, 0.4) is 0 Å². The van der Waals surface area contributed by atoms with E-state index in [1.54, 1.807) is 36.4 Å². The number of carbonyl (C=O) groups excluding carboxylic acids is 1. The largest absolute Gasteiger partial charge is 0.339 e. The molecular formula is C18H14F2N4O. The van der Waals surface area contributed by atoms with Crippen LogP contribution < -0.4 is 10.6 Å². The number of halogens is 2. The SMILES string of the molecule is O=C(Cc1ccc(F)cc1)Nc1ccc(Nc2cccc(F)c2)nn1. The number of carbonyl (C=O) groups is 1. The summed E-state index contributed by atoms with van der Waals surface area (Å²) in [7, 11) is 0. The van der Waals surface area contributed by atoms with Gasteiger partial charge in [0.25, 0.3) is 0 Å². The number of amides is 1. The zero-order valence-electron chi connectivity index (χ0n) is 13.0. The summed E-state index contributed by atoms with van der Waals surface area (Å²) in [4.78, 5) is 12.0. The van der Waals surface area contributed by atoms with E-state index in [-0.39, 0.29) is 29.8 Å². The highest BCUT2D eigenvalue weighted by Crippen LogP contribution is 2.15. The zero-order chi connectivity index (χ0) is 17.6. The molecule has 0 aliphatic carbocycles. The van der Waals surface area contributed by atoms with Gasteiger partial charge in [-0.2, -0.15) is 0 Å². The highest BCUT2D eigenvalue weighted by molar-refractivity contribution is 5.91. The first kappa shape index (κ1) is 16.5. The summed E-state index contributed by atoms with van der Waals surface area (Å²) in [5.74, 6) is -0.287. The van der Waals surface area contributed by atoms with Crippen molar-refractivity contribution < 1.29 is 13.6 Å². The van der Waals surface area contributed by atoms with E-state index in [1.165, 1.54) is 24.3 Å². The van der Waals surface area contributed by atoms with Crippen molar-refractivity contribution in [3.8, 4) is 0 Å². The zero-order valence-corrected chi connectivity index (χ0v) is 13.0. The number of nitrogens with zero attached hydrogens (tertiary/aromatic N) is 2. The van der Waals surface area contributed by atoms with Crippen LogP contribution in [0, 0.1) is 11.6 Å². The second kappa shape index (κ2) is 7.48. The van der Waals surface area contributed by atoms with Gasteiger partial charge in [-0.05, 0) is 48.0 Å². The van der Waals surface area contributed by atoms with Crippen molar-refractivity contribution in [1.82, 2.24) is 10.2 Å². The molecular weight excluding hydrogens is 326 g/mol. The maximum atomic E-state index is 13.1. The molecule has 3 aromatic rings. The average molecular weight is 340 g/mol. The Morgan fingerprint density at radius 3 is 2.28 bits per heavy atom. The molecule has 1 amide bonds. The fourth-order valence-corrected chi connectivity index (χ4v) is 2.15. The smallest absolute Gasteiger partial charge is 0.229 e. The predicted molar refractivity (Wildman–Crippen MR) is 90.4 cm³/mol. The van der Waals surface area contributed by atoms with E-state index in [0.717, 1.165) is 0 Å². The normalized spacial score (nSPS) is 10.3. The van der Waals surface area contributed by atoms with Gasteiger partial charge >= 0.3 is 0 Å². The number of aromatic nitrogens is 2. The second-order valence-corrected chi connectivity index (χ2v) is 5.29. The van der Waals surface area contributed by atoms with E-state index >= 15 is 0 Å². The van der Waals surface area contributed by atoms with Gasteiger partial charge in [-0.25, -0.2) is 8.78 Å². The van der Waals surface area contributed by atoms with Crippen molar-refractivity contribution in [3.05, 3.63) is 77.9 Å². The Bertz CT molecular complexity index is 867. The molecule has 0 bridgehead atoms. The van der Waals surface area contributed by atoms with Gasteiger partial charge < -0.3 is 10.6 Å². The summed E-state index contributed by atoms with van der Waals surface area (Å²) in [5.41, 5.74) is 1.23. The van der Waals surface area contributed by atoms with Gasteiger partial charge in [0.1, 0.15) is 11.6 Å². The molecule has 0 unspecified atom stereocenters. The Balaban J connectivity index is 1.58. The molecule has 0 saturated heterocycles. The number of hydrogen-bond donors (Lipinski definition) is 2. The van der Waals surface area contributed by atoms with Gasteiger partial charge in [-0.1, -0.05) is 18.2 Å². The lowest BCUT2D eigenvalue weighted by Gasteiger charge is -2.07. The van der Waals surface area contributed by atoms with E-state index in [0.29, 0.717) is 17.1 Å². The number of hydrogen-bond acceptors (Lipinski definition) is 4. The van der Waals surface area contributed by atoms with E-state index in [9.17, 15) is 13.6 Å². The molecule has 0 spiro atoms. The molecule has 0 radical (unpaired) electrons. The molecule has 2 aromatic carbocycles. The second-order valence-electron chi connectivity index (χ2n) is 5.29. The van der Waals surface area contributed by atoms with Crippen LogP contribution in [0.4, 0.5) is 26.1 Å². The summed E-state index contributed by atoms with van der Waals surface area (Å²) < 4.78 is 26.0. The molecule has 5 nitrogen and oxygen atoms in total. The molecule has 126 valence electrons. The van der Waals surface area contributed by atoms with Crippen molar-refractivity contribution in [1.29, 1.82) is 0 Å². The molecule has 25 heavy (non-hydrogen) atoms. The molecule has 7 heteroatoms. The van der Waals surface area contributed by atoms with Gasteiger partial charge in [-0.3, -0.25) is 4.79 Å². The quantitative estimate of drug-likeness (QED) is 0.743. The monoisotopic (exact) mass is 340 g/mol. The van der Waals surface area contributed by atoms with Gasteiger partial charge in [0.2, 0.25) is 5.91 Å². The standard InChI is InChI=1S/C18H14F2N4O/c19-13-6-4-12(5-7-13)10-18(25)22-17-9-8-16(23-24-17)21-15-3-1-2-14(20)11-15/h1-9,11H,10H2,(H,21,23)(H,22,24,25). The van der Waals surface area contributed by atoms with Gasteiger partial charge in [0.15, 0.2) is 11.6 Å². The summed E-state index contributed by atoms with van der Waals surface area (Å²) in [6.07, 6.45) is 0.102. The summed E-state index contributed by atoms with van der Waals surface area (Å²) >= 11 is 0. The molecule has 0 saturated carbocycles. The Morgan fingerprint density at radius 1 is 0.880 bits per heavy atom. The first-order valence-corrected chi connectivity index (χ1v) is 7.49. The first-order chi connectivity index (χ1) is 12.1. The van der Waals surface area contributed by atoms with Crippen LogP contribution in [0.25, 0.3) is 0 Å². The number of rotatable bonds is 5. The van der Waals surface area contributed by atoms with Crippen LogP contribution in [-0.4, -0.2) is 16.1 Å². The lowest BCUT2D eigenvalue weighted by Crippen LogP contribution is -2.15. The minimum atomic E-state index is -0.359. The Morgan fingerprint density at radius 2 is 1.60 bits per heavy atom. The van der Waals surface area contributed by atoms with Gasteiger partial charge in [0, 0.05) is 5.69 Å². The van der Waals surface area contributed by atoms with Crippen molar-refractivity contribution in [3.63, 3.8) is 0 Å². The van der Waals surface area contributed by atoms with E-state index < -0.39 is 0 Å².